The number of carboxylic acid groups (broad SMARTS) is 1. The van der Waals surface area contributed by atoms with Crippen LogP contribution in [-0.2, 0) is 14.4 Å². The van der Waals surface area contributed by atoms with Gasteiger partial charge in [-0.25, -0.2) is 9.18 Å². The first-order chi connectivity index (χ1) is 13.0. The van der Waals surface area contributed by atoms with Crippen LogP contribution in [0.2, 0.25) is 0 Å². The van der Waals surface area contributed by atoms with Gasteiger partial charge in [0, 0.05) is 17.3 Å². The van der Waals surface area contributed by atoms with Crippen molar-refractivity contribution < 1.29 is 29.0 Å². The number of aliphatic hydroxyl groups excluding tert-OH is 1. The lowest BCUT2D eigenvalue weighted by atomic mass is 9.46. The summed E-state index contributed by atoms with van der Waals surface area (Å²) in [6, 6.07) is 0. The second kappa shape index (κ2) is 6.09. The fraction of sp³-hybridized carbons (Fsp3) is 0.682. The standard InChI is InChI=1S/C22H27FO5/c1-10-6-13-12-8-15(23)14-7-11(24)4-5-21(14,2)18(12)16(25)9-22(13,3)17(10)19(26)20(27)28/h4-5,7,10,12-13,15-18,25H,6,8-9H2,1-3H3,(H,27,28)/t10-,12+,13+,15+,16+,17-,18-,21+,22+/m1/s1. The van der Waals surface area contributed by atoms with E-state index < -0.39 is 40.8 Å². The fourth-order valence-electron chi connectivity index (χ4n) is 7.39. The number of fused-ring (bicyclic) bond motifs is 5. The molecule has 0 aromatic carbocycles. The molecule has 0 heterocycles. The maximum atomic E-state index is 15.2. The predicted octanol–water partition coefficient (Wildman–Crippen LogP) is 2.73. The van der Waals surface area contributed by atoms with Crippen molar-refractivity contribution in [2.24, 2.45) is 40.4 Å². The van der Waals surface area contributed by atoms with Crippen LogP contribution in [0.1, 0.15) is 40.0 Å². The monoisotopic (exact) mass is 390 g/mol. The molecule has 0 unspecified atom stereocenters. The number of rotatable bonds is 2. The van der Waals surface area contributed by atoms with Crippen LogP contribution in [0, 0.1) is 40.4 Å². The normalized spacial score (nSPS) is 49.7. The number of halogens is 1. The Balaban J connectivity index is 1.77. The molecule has 2 N–H and O–H groups in total. The zero-order chi connectivity index (χ0) is 20.6. The summed E-state index contributed by atoms with van der Waals surface area (Å²) < 4.78 is 15.2. The molecule has 9 atom stereocenters. The van der Waals surface area contributed by atoms with Crippen LogP contribution in [0.3, 0.4) is 0 Å². The van der Waals surface area contributed by atoms with Crippen LogP contribution in [0.25, 0.3) is 0 Å². The summed E-state index contributed by atoms with van der Waals surface area (Å²) in [7, 11) is 0. The van der Waals surface area contributed by atoms with Crippen LogP contribution >= 0.6 is 0 Å². The summed E-state index contributed by atoms with van der Waals surface area (Å²) in [6.45, 7) is 5.67. The van der Waals surface area contributed by atoms with E-state index in [1.807, 2.05) is 20.8 Å². The Kier molecular flexibility index (Phi) is 4.24. The number of hydrogen-bond acceptors (Lipinski definition) is 4. The average molecular weight is 390 g/mol. The van der Waals surface area contributed by atoms with Crippen LogP contribution in [0.4, 0.5) is 4.39 Å². The second-order valence-electron chi connectivity index (χ2n) is 9.75. The number of aliphatic carboxylic acids is 1. The first-order valence-electron chi connectivity index (χ1n) is 10.0. The van der Waals surface area contributed by atoms with E-state index in [9.17, 15) is 24.6 Å². The molecule has 4 aliphatic rings. The number of ketones is 2. The largest absolute Gasteiger partial charge is 0.475 e. The van der Waals surface area contributed by atoms with Gasteiger partial charge in [0.15, 0.2) is 5.78 Å². The molecule has 0 aliphatic heterocycles. The smallest absolute Gasteiger partial charge is 0.372 e. The minimum Gasteiger partial charge on any atom is -0.475 e. The summed E-state index contributed by atoms with van der Waals surface area (Å²) in [6.07, 6.45) is 3.65. The maximum Gasteiger partial charge on any atom is 0.372 e. The molecule has 0 amide bonds. The number of allylic oxidation sites excluding steroid dienone is 4. The van der Waals surface area contributed by atoms with Gasteiger partial charge in [0.25, 0.3) is 0 Å². The highest BCUT2D eigenvalue weighted by molar-refractivity contribution is 6.33. The molecule has 6 heteroatoms. The van der Waals surface area contributed by atoms with Gasteiger partial charge in [-0.3, -0.25) is 9.59 Å². The number of carbonyl (C=O) groups is 3. The van der Waals surface area contributed by atoms with E-state index in [4.69, 9.17) is 0 Å². The lowest BCUT2D eigenvalue weighted by molar-refractivity contribution is -0.159. The summed E-state index contributed by atoms with van der Waals surface area (Å²) >= 11 is 0. The van der Waals surface area contributed by atoms with Crippen LogP contribution in [-0.4, -0.2) is 40.0 Å². The van der Waals surface area contributed by atoms with Crippen molar-refractivity contribution in [3.05, 3.63) is 23.8 Å². The zero-order valence-corrected chi connectivity index (χ0v) is 16.4. The van der Waals surface area contributed by atoms with E-state index in [2.05, 4.69) is 0 Å². The van der Waals surface area contributed by atoms with Gasteiger partial charge in [-0.15, -0.1) is 0 Å². The van der Waals surface area contributed by atoms with Crippen molar-refractivity contribution in [1.82, 2.24) is 0 Å². The Bertz CT molecular complexity index is 816. The number of alkyl halides is 1. The fourth-order valence-corrected chi connectivity index (χ4v) is 7.39. The number of carboxylic acids is 1. The molecular weight excluding hydrogens is 363 g/mol. The van der Waals surface area contributed by atoms with Crippen molar-refractivity contribution in [3.63, 3.8) is 0 Å². The molecular formula is C22H27FO5. The van der Waals surface area contributed by atoms with Crippen molar-refractivity contribution in [3.8, 4) is 0 Å². The molecule has 3 saturated carbocycles. The molecule has 0 spiro atoms. The van der Waals surface area contributed by atoms with Crippen molar-refractivity contribution in [2.45, 2.75) is 52.3 Å². The summed E-state index contributed by atoms with van der Waals surface area (Å²) in [4.78, 5) is 35.7. The molecule has 5 nitrogen and oxygen atoms in total. The third kappa shape index (κ3) is 2.43. The lowest BCUT2D eigenvalue weighted by Crippen LogP contribution is -2.58. The van der Waals surface area contributed by atoms with Crippen LogP contribution in [0.15, 0.2) is 23.8 Å². The lowest BCUT2D eigenvalue weighted by Gasteiger charge is -2.59. The first-order valence-corrected chi connectivity index (χ1v) is 10.0. The molecule has 0 bridgehead atoms. The van der Waals surface area contributed by atoms with Gasteiger partial charge in [0.05, 0.1) is 6.10 Å². The Labute approximate surface area is 163 Å². The number of Topliss-reactive ketones (excluding diaryl/α,β-unsaturated/α-hetero) is 1. The van der Waals surface area contributed by atoms with E-state index >= 15 is 4.39 Å². The molecule has 0 aromatic heterocycles. The van der Waals surface area contributed by atoms with Crippen LogP contribution < -0.4 is 0 Å². The van der Waals surface area contributed by atoms with Crippen LogP contribution in [0.5, 0.6) is 0 Å². The summed E-state index contributed by atoms with van der Waals surface area (Å²) in [5.41, 5.74) is -0.969. The van der Waals surface area contributed by atoms with Crippen molar-refractivity contribution in [1.29, 1.82) is 0 Å². The zero-order valence-electron chi connectivity index (χ0n) is 16.4. The summed E-state index contributed by atoms with van der Waals surface area (Å²) in [5, 5.41) is 20.5. The molecule has 4 aliphatic carbocycles. The maximum absolute atomic E-state index is 15.2. The van der Waals surface area contributed by atoms with Crippen molar-refractivity contribution >= 4 is 17.5 Å². The Morgan fingerprint density at radius 1 is 1.25 bits per heavy atom. The molecule has 152 valence electrons. The minimum atomic E-state index is -1.44. The quantitative estimate of drug-likeness (QED) is 0.708. The predicted molar refractivity (Wildman–Crippen MR) is 99.0 cm³/mol. The topological polar surface area (TPSA) is 91.7 Å². The van der Waals surface area contributed by atoms with Gasteiger partial charge >= 0.3 is 5.97 Å². The molecule has 0 radical (unpaired) electrons. The highest BCUT2D eigenvalue weighted by Crippen LogP contribution is 2.67. The van der Waals surface area contributed by atoms with Gasteiger partial charge in [0.2, 0.25) is 5.78 Å². The number of hydrogen-bond donors (Lipinski definition) is 2. The number of carbonyl (C=O) groups excluding carboxylic acids is 2. The van der Waals surface area contributed by atoms with Gasteiger partial charge in [0.1, 0.15) is 6.17 Å². The molecule has 0 saturated heterocycles. The van der Waals surface area contributed by atoms with Gasteiger partial charge in [-0.1, -0.05) is 26.8 Å². The van der Waals surface area contributed by atoms with E-state index in [0.717, 1.165) is 0 Å². The molecule has 4 rings (SSSR count). The van der Waals surface area contributed by atoms with E-state index in [0.29, 0.717) is 18.4 Å². The highest BCUT2D eigenvalue weighted by Gasteiger charge is 2.66. The van der Waals surface area contributed by atoms with Gasteiger partial charge < -0.3 is 10.2 Å². The molecule has 0 aromatic rings. The summed E-state index contributed by atoms with van der Waals surface area (Å²) in [5.74, 6) is -3.72. The minimum absolute atomic E-state index is 0.0353. The van der Waals surface area contributed by atoms with E-state index in [1.165, 1.54) is 12.2 Å². The van der Waals surface area contributed by atoms with E-state index in [-0.39, 0.29) is 35.9 Å². The third-order valence-corrected chi connectivity index (χ3v) is 8.31. The SMILES string of the molecule is C[C@@H]1C[C@H]2[C@@H]3C[C@H](F)C4=CC(=O)C=C[C@]4(C)[C@H]3[C@@H](O)C[C@]2(C)[C@H]1C(=O)C(=O)O. The van der Waals surface area contributed by atoms with E-state index in [1.54, 1.807) is 6.08 Å². The average Bonchev–Trinajstić information content (AvgIpc) is 2.85. The molecule has 28 heavy (non-hydrogen) atoms. The van der Waals surface area contributed by atoms with Crippen molar-refractivity contribution in [2.75, 3.05) is 0 Å². The Hall–Kier alpha value is -1.82. The highest BCUT2D eigenvalue weighted by atomic mass is 19.1. The third-order valence-electron chi connectivity index (χ3n) is 8.31. The number of aliphatic hydroxyl groups is 1. The molecule has 3 fully saturated rings. The Morgan fingerprint density at radius 2 is 1.93 bits per heavy atom. The first kappa shape index (κ1) is 19.5. The van der Waals surface area contributed by atoms with Gasteiger partial charge in [-0.2, -0.15) is 0 Å². The van der Waals surface area contributed by atoms with Gasteiger partial charge in [-0.05, 0) is 60.2 Å². The Morgan fingerprint density at radius 3 is 2.57 bits per heavy atom. The second-order valence-corrected chi connectivity index (χ2v) is 9.75.